The Morgan fingerprint density at radius 1 is 0.567 bits per heavy atom. The number of rotatable bonds is 6. The number of pyridine rings is 1. The maximum absolute atomic E-state index is 7.28. The van der Waals surface area contributed by atoms with Crippen molar-refractivity contribution in [2.24, 2.45) is 0 Å². The van der Waals surface area contributed by atoms with Crippen molar-refractivity contribution < 1.29 is 32.7 Å². The average molecular weight is 1050 g/mol. The molecule has 0 bridgehead atoms. The molecule has 3 aromatic heterocycles. The van der Waals surface area contributed by atoms with Gasteiger partial charge in [-0.05, 0) is 121 Å². The molecule has 0 aliphatic carbocycles. The molecule has 0 atom stereocenters. The van der Waals surface area contributed by atoms with Crippen LogP contribution in [-0.2, 0) is 20.1 Å². The molecule has 0 N–H and O–H groups in total. The van der Waals surface area contributed by atoms with Gasteiger partial charge in [0, 0.05) is 45.6 Å². The Labute approximate surface area is 413 Å². The number of imidazole rings is 1. The van der Waals surface area contributed by atoms with Crippen LogP contribution in [0.1, 0.15) is 70.0 Å². The van der Waals surface area contributed by atoms with E-state index < -0.39 is 13.7 Å². The molecule has 0 unspecified atom stereocenters. The first-order valence-corrected chi connectivity index (χ1v) is 22.4. The van der Waals surface area contributed by atoms with Crippen molar-refractivity contribution in [3.63, 3.8) is 0 Å². The summed E-state index contributed by atoms with van der Waals surface area (Å²) in [6, 6.07) is 64.3. The van der Waals surface area contributed by atoms with Crippen molar-refractivity contribution in [3.8, 4) is 39.5 Å². The van der Waals surface area contributed by atoms with Crippen molar-refractivity contribution in [1.29, 1.82) is 0 Å². The molecule has 0 saturated heterocycles. The molecule has 4 nitrogen and oxygen atoms in total. The van der Waals surface area contributed by atoms with Crippen LogP contribution in [0.25, 0.3) is 105 Å². The second-order valence-electron chi connectivity index (χ2n) is 17.5. The van der Waals surface area contributed by atoms with Gasteiger partial charge < -0.3 is 14.0 Å². The molecule has 9 aromatic carbocycles. The average Bonchev–Trinajstić information content (AvgIpc) is 3.97. The molecule has 329 valence electrons. The summed E-state index contributed by atoms with van der Waals surface area (Å²) in [7, 11) is 0. The second kappa shape index (κ2) is 17.9. The summed E-state index contributed by atoms with van der Waals surface area (Å²) in [5, 5.41) is 9.90. The third kappa shape index (κ3) is 7.82. The van der Waals surface area contributed by atoms with Crippen molar-refractivity contribution in [2.45, 2.75) is 53.2 Å². The molecule has 1 radical (unpaired) electrons. The summed E-state index contributed by atoms with van der Waals surface area (Å²) in [5.74, 6) is 1.33. The molecule has 3 heterocycles. The standard InChI is InChI=1S/C49H37N2O.C13H12N.Ir/c1-29(2)41-27-32(31-24-25-37-35-16-6-5-14-33(35)34-15-7-8-17-36(34)43(37)26-31)28-42(30(3)4)47(41)51-45-22-11-10-21-44(45)50-49(51)40-20-13-19-39-38-18-9-12-23-46(38)52-48(39)40;1-10-3-6-12(7-4-10)13-8-5-11(2)9-14-13;/h5-19,21-30H,1-4H3;3-6,8-9H,1-2H3;/q2*-1;/i;1D3,2D3;. The topological polar surface area (TPSA) is 43.9 Å². The zero-order chi connectivity index (χ0) is 50.1. The minimum Gasteiger partial charge on any atom is -0.501 e. The van der Waals surface area contributed by atoms with Crippen molar-refractivity contribution in [3.05, 3.63) is 210 Å². The number of benzene rings is 9. The molecule has 12 aromatic rings. The summed E-state index contributed by atoms with van der Waals surface area (Å²) in [6.45, 7) is 4.87. The van der Waals surface area contributed by atoms with Gasteiger partial charge in [-0.25, -0.2) is 0 Å². The van der Waals surface area contributed by atoms with Gasteiger partial charge in [-0.3, -0.25) is 4.98 Å². The number of aromatic nitrogens is 3. The molecule has 5 heteroatoms. The van der Waals surface area contributed by atoms with E-state index in [0.717, 1.165) is 44.4 Å². The van der Waals surface area contributed by atoms with Gasteiger partial charge in [-0.1, -0.05) is 149 Å². The van der Waals surface area contributed by atoms with E-state index in [4.69, 9.17) is 17.6 Å². The van der Waals surface area contributed by atoms with Crippen LogP contribution >= 0.6 is 0 Å². The summed E-state index contributed by atoms with van der Waals surface area (Å²) in [6.07, 6.45) is 1.30. The normalized spacial score (nSPS) is 13.3. The molecular formula is C62H49IrN3O-2. The fraction of sp³-hybridized carbons (Fsp3) is 0.129. The fourth-order valence-electron chi connectivity index (χ4n) is 9.49. The van der Waals surface area contributed by atoms with Crippen LogP contribution in [0.15, 0.2) is 180 Å². The zero-order valence-corrected chi connectivity index (χ0v) is 39.9. The Morgan fingerprint density at radius 2 is 1.19 bits per heavy atom. The predicted molar refractivity (Wildman–Crippen MR) is 277 cm³/mol. The van der Waals surface area contributed by atoms with E-state index in [1.54, 1.807) is 12.1 Å². The van der Waals surface area contributed by atoms with Crippen LogP contribution in [0.5, 0.6) is 0 Å². The van der Waals surface area contributed by atoms with Gasteiger partial charge in [-0.2, -0.15) is 0 Å². The molecule has 12 rings (SSSR count). The minimum atomic E-state index is -2.18. The molecule has 67 heavy (non-hydrogen) atoms. The van der Waals surface area contributed by atoms with Crippen molar-refractivity contribution >= 4 is 65.3 Å². The SMILES string of the molecule is CC(C)c1cc(-c2ccc3c4ccccc4c4ccccc4c3c2)cc(C(C)C)c1-n1c(-c2[c-]ccc3c2oc2ccccc23)nc2ccccc21.[2H]C([2H])([2H])c1c[c-]c(-c2ccc(C([2H])([2H])[2H])cn2)cc1.[Ir]. The van der Waals surface area contributed by atoms with E-state index in [1.165, 1.54) is 84.7 Å². The van der Waals surface area contributed by atoms with Crippen LogP contribution in [0, 0.1) is 25.8 Å². The monoisotopic (exact) mass is 1050 g/mol. The van der Waals surface area contributed by atoms with E-state index in [9.17, 15) is 0 Å². The summed E-state index contributed by atoms with van der Waals surface area (Å²) < 4.78 is 52.6. The molecular weight excluding hydrogens is 995 g/mol. The van der Waals surface area contributed by atoms with Crippen molar-refractivity contribution in [2.75, 3.05) is 0 Å². The third-order valence-corrected chi connectivity index (χ3v) is 12.7. The first-order chi connectivity index (χ1) is 34.6. The Morgan fingerprint density at radius 3 is 1.84 bits per heavy atom. The maximum atomic E-state index is 7.28. The van der Waals surface area contributed by atoms with Crippen LogP contribution in [-0.4, -0.2) is 14.5 Å². The van der Waals surface area contributed by atoms with Crippen LogP contribution in [0.3, 0.4) is 0 Å². The molecule has 0 fully saturated rings. The van der Waals surface area contributed by atoms with Gasteiger partial charge in [0.1, 0.15) is 5.58 Å². The van der Waals surface area contributed by atoms with Gasteiger partial charge >= 0.3 is 0 Å². The first-order valence-electron chi connectivity index (χ1n) is 25.4. The summed E-state index contributed by atoms with van der Waals surface area (Å²) in [5.41, 5.74) is 12.3. The van der Waals surface area contributed by atoms with Crippen LogP contribution in [0.2, 0.25) is 0 Å². The van der Waals surface area contributed by atoms with E-state index >= 15 is 0 Å². The Hall–Kier alpha value is -7.17. The molecule has 0 aliphatic rings. The number of nitrogens with zero attached hydrogens (tertiary/aromatic N) is 3. The van der Waals surface area contributed by atoms with Crippen LogP contribution < -0.4 is 0 Å². The van der Waals surface area contributed by atoms with E-state index in [-0.39, 0.29) is 43.1 Å². The van der Waals surface area contributed by atoms with Gasteiger partial charge in [0.25, 0.3) is 0 Å². The van der Waals surface area contributed by atoms with Gasteiger partial charge in [0.05, 0.1) is 22.4 Å². The largest absolute Gasteiger partial charge is 0.501 e. The van der Waals surface area contributed by atoms with Crippen LogP contribution in [0.4, 0.5) is 0 Å². The van der Waals surface area contributed by atoms with E-state index in [1.807, 2.05) is 18.2 Å². The first kappa shape index (κ1) is 37.0. The zero-order valence-electron chi connectivity index (χ0n) is 43.5. The smallest absolute Gasteiger partial charge is 0.120 e. The number of fused-ring (bicyclic) bond motifs is 10. The number of aryl methyl sites for hydroxylation is 2. The second-order valence-corrected chi connectivity index (χ2v) is 17.5. The van der Waals surface area contributed by atoms with Crippen molar-refractivity contribution in [1.82, 2.24) is 14.5 Å². The number of para-hydroxylation sites is 3. The third-order valence-electron chi connectivity index (χ3n) is 12.7. The number of furan rings is 1. The molecule has 0 amide bonds. The van der Waals surface area contributed by atoms with Gasteiger partial charge in [0.2, 0.25) is 0 Å². The number of hydrogen-bond donors (Lipinski definition) is 0. The predicted octanol–water partition coefficient (Wildman–Crippen LogP) is 16.9. The Kier molecular flexibility index (Phi) is 9.88. The van der Waals surface area contributed by atoms with E-state index in [2.05, 4.69) is 171 Å². The maximum Gasteiger partial charge on any atom is 0.120 e. The molecule has 0 aliphatic heterocycles. The number of hydrogen-bond acceptors (Lipinski definition) is 3. The minimum absolute atomic E-state index is 0. The summed E-state index contributed by atoms with van der Waals surface area (Å²) in [4.78, 5) is 9.40. The Balaban J connectivity index is 0.000000246. The van der Waals surface area contributed by atoms with Gasteiger partial charge in [0.15, 0.2) is 0 Å². The quantitative estimate of drug-likeness (QED) is 0.123. The van der Waals surface area contributed by atoms with E-state index in [0.29, 0.717) is 11.3 Å². The Bertz CT molecular complexity index is 3900. The van der Waals surface area contributed by atoms with Gasteiger partial charge in [-0.15, -0.1) is 53.6 Å². The fourth-order valence-corrected chi connectivity index (χ4v) is 9.49. The molecule has 0 spiro atoms. The summed E-state index contributed by atoms with van der Waals surface area (Å²) >= 11 is 0. The molecule has 0 saturated carbocycles.